The third-order valence-corrected chi connectivity index (χ3v) is 5.45. The van der Waals surface area contributed by atoms with Gasteiger partial charge >= 0.3 is 5.97 Å². The van der Waals surface area contributed by atoms with E-state index in [1.807, 2.05) is 0 Å². The van der Waals surface area contributed by atoms with E-state index in [-0.39, 0.29) is 30.9 Å². The number of amides is 2. The van der Waals surface area contributed by atoms with Gasteiger partial charge in [0, 0.05) is 18.7 Å². The normalized spacial score (nSPS) is 27.9. The average Bonchev–Trinajstić information content (AvgIpc) is 3.12. The van der Waals surface area contributed by atoms with Gasteiger partial charge in [-0.15, -0.1) is 0 Å². The number of fused-ring (bicyclic) bond motifs is 2. The summed E-state index contributed by atoms with van der Waals surface area (Å²) >= 11 is 0. The summed E-state index contributed by atoms with van der Waals surface area (Å²) in [5.41, 5.74) is 0.211. The van der Waals surface area contributed by atoms with Gasteiger partial charge in [0.1, 0.15) is 5.75 Å². The molecular weight excluding hydrogens is 312 g/mol. The highest BCUT2D eigenvalue weighted by molar-refractivity contribution is 5.99. The summed E-state index contributed by atoms with van der Waals surface area (Å²) in [5.74, 6) is -0.706. The molecule has 0 radical (unpaired) electrons. The number of carbonyl (C=O) groups excluding carboxylic acids is 2. The van der Waals surface area contributed by atoms with Crippen LogP contribution in [0.2, 0.25) is 0 Å². The first kappa shape index (κ1) is 15.0. The number of carboxylic acids is 1. The maximum absolute atomic E-state index is 12.8. The summed E-state index contributed by atoms with van der Waals surface area (Å²) in [4.78, 5) is 37.5. The molecule has 2 heterocycles. The zero-order chi connectivity index (χ0) is 16.9. The number of anilines is 1. The van der Waals surface area contributed by atoms with Gasteiger partial charge in [-0.2, -0.15) is 0 Å². The number of likely N-dealkylation sites (tertiary alicyclic amines) is 1. The molecule has 1 saturated carbocycles. The number of carboxylic acid groups (broad SMARTS) is 1. The summed E-state index contributed by atoms with van der Waals surface area (Å²) in [6.07, 6.45) is 2.40. The van der Waals surface area contributed by atoms with Crippen LogP contribution in [0.4, 0.5) is 5.69 Å². The Morgan fingerprint density at radius 1 is 1.38 bits per heavy atom. The third kappa shape index (κ3) is 2.15. The number of rotatable bonds is 2. The maximum Gasteiger partial charge on any atom is 0.311 e. The van der Waals surface area contributed by atoms with Crippen LogP contribution in [0.25, 0.3) is 0 Å². The molecule has 0 unspecified atom stereocenters. The number of hydrogen-bond donors (Lipinski definition) is 2. The number of ether oxygens (including phenoxy) is 1. The smallest absolute Gasteiger partial charge is 0.311 e. The maximum atomic E-state index is 12.8. The van der Waals surface area contributed by atoms with E-state index in [0.29, 0.717) is 30.0 Å². The van der Waals surface area contributed by atoms with Crippen LogP contribution in [0.5, 0.6) is 5.75 Å². The molecule has 126 valence electrons. The quantitative estimate of drug-likeness (QED) is 0.853. The van der Waals surface area contributed by atoms with Gasteiger partial charge in [-0.25, -0.2) is 0 Å². The number of hydrogen-bond acceptors (Lipinski definition) is 4. The highest BCUT2D eigenvalue weighted by Crippen LogP contribution is 2.49. The predicted molar refractivity (Wildman–Crippen MR) is 83.9 cm³/mol. The molecule has 2 amide bonds. The van der Waals surface area contributed by atoms with Crippen LogP contribution in [-0.2, 0) is 9.59 Å². The van der Waals surface area contributed by atoms with Crippen molar-refractivity contribution in [1.29, 1.82) is 0 Å². The largest absolute Gasteiger partial charge is 0.482 e. The average molecular weight is 330 g/mol. The Bertz CT molecular complexity index is 746. The molecule has 3 aliphatic rings. The summed E-state index contributed by atoms with van der Waals surface area (Å²) in [6.45, 7) is 0.679. The van der Waals surface area contributed by atoms with E-state index in [0.717, 1.165) is 12.8 Å². The van der Waals surface area contributed by atoms with E-state index in [1.54, 1.807) is 23.1 Å². The van der Waals surface area contributed by atoms with E-state index in [1.165, 1.54) is 0 Å². The Morgan fingerprint density at radius 2 is 2.21 bits per heavy atom. The Hall–Kier alpha value is -2.57. The van der Waals surface area contributed by atoms with Gasteiger partial charge in [-0.05, 0) is 37.0 Å². The second-order valence-corrected chi connectivity index (χ2v) is 6.78. The minimum absolute atomic E-state index is 0.0344. The highest BCUT2D eigenvalue weighted by atomic mass is 16.5. The molecule has 7 nitrogen and oxygen atoms in total. The predicted octanol–water partition coefficient (Wildman–Crippen LogP) is 1.34. The second-order valence-electron chi connectivity index (χ2n) is 6.78. The van der Waals surface area contributed by atoms with Crippen molar-refractivity contribution in [1.82, 2.24) is 4.90 Å². The van der Waals surface area contributed by atoms with Gasteiger partial charge in [-0.3, -0.25) is 14.4 Å². The molecule has 2 aliphatic heterocycles. The van der Waals surface area contributed by atoms with E-state index < -0.39 is 11.4 Å². The molecule has 1 aromatic rings. The molecule has 7 heteroatoms. The summed E-state index contributed by atoms with van der Waals surface area (Å²) in [5, 5.41) is 12.3. The SMILES string of the molecule is O=C1COc2cc(C(=O)N3C[C@@H]4CCC[C@@]4(C(=O)O)C3)ccc2N1. The lowest BCUT2D eigenvalue weighted by atomic mass is 9.81. The Labute approximate surface area is 138 Å². The molecule has 2 fully saturated rings. The van der Waals surface area contributed by atoms with Crippen molar-refractivity contribution in [2.24, 2.45) is 11.3 Å². The minimum Gasteiger partial charge on any atom is -0.482 e. The van der Waals surface area contributed by atoms with Crippen LogP contribution in [0.15, 0.2) is 18.2 Å². The van der Waals surface area contributed by atoms with Crippen molar-refractivity contribution in [2.75, 3.05) is 25.0 Å². The van der Waals surface area contributed by atoms with Crippen LogP contribution in [0, 0.1) is 11.3 Å². The lowest BCUT2D eigenvalue weighted by molar-refractivity contribution is -0.149. The summed E-state index contributed by atoms with van der Waals surface area (Å²) in [7, 11) is 0. The topological polar surface area (TPSA) is 95.9 Å². The number of nitrogens with one attached hydrogen (secondary N) is 1. The van der Waals surface area contributed by atoms with E-state index in [2.05, 4.69) is 5.32 Å². The van der Waals surface area contributed by atoms with Crippen LogP contribution in [0.1, 0.15) is 29.6 Å². The molecule has 1 saturated heterocycles. The van der Waals surface area contributed by atoms with Crippen molar-refractivity contribution in [3.63, 3.8) is 0 Å². The molecule has 1 aliphatic carbocycles. The monoisotopic (exact) mass is 330 g/mol. The molecule has 1 aromatic carbocycles. The molecule has 2 N–H and O–H groups in total. The van der Waals surface area contributed by atoms with Crippen molar-refractivity contribution < 1.29 is 24.2 Å². The van der Waals surface area contributed by atoms with E-state index in [4.69, 9.17) is 4.74 Å². The standard InChI is InChI=1S/C17H18N2O5/c20-14-8-24-13-6-10(3-4-12(13)18-14)15(21)19-7-11-2-1-5-17(11,9-19)16(22)23/h3-4,6,11H,1-2,5,7-9H2,(H,18,20)(H,22,23)/t11-,17+/m0/s1. The first-order chi connectivity index (χ1) is 11.5. The van der Waals surface area contributed by atoms with Gasteiger partial charge in [-0.1, -0.05) is 6.42 Å². The number of carbonyl (C=O) groups is 3. The first-order valence-corrected chi connectivity index (χ1v) is 8.09. The van der Waals surface area contributed by atoms with Gasteiger partial charge in [0.15, 0.2) is 6.61 Å². The molecule has 0 spiro atoms. The lowest BCUT2D eigenvalue weighted by Gasteiger charge is -2.24. The second kappa shape index (κ2) is 5.22. The molecule has 0 aromatic heterocycles. The fourth-order valence-corrected chi connectivity index (χ4v) is 4.18. The molecular formula is C17H18N2O5. The fourth-order valence-electron chi connectivity index (χ4n) is 4.18. The minimum atomic E-state index is -0.795. The van der Waals surface area contributed by atoms with Crippen molar-refractivity contribution in [2.45, 2.75) is 19.3 Å². The van der Waals surface area contributed by atoms with Gasteiger partial charge in [0.2, 0.25) is 0 Å². The summed E-state index contributed by atoms with van der Waals surface area (Å²) < 4.78 is 5.34. The van der Waals surface area contributed by atoms with Crippen LogP contribution >= 0.6 is 0 Å². The van der Waals surface area contributed by atoms with Gasteiger partial charge < -0.3 is 20.1 Å². The highest BCUT2D eigenvalue weighted by Gasteiger charge is 2.55. The number of benzene rings is 1. The Morgan fingerprint density at radius 3 is 2.96 bits per heavy atom. The van der Waals surface area contributed by atoms with E-state index >= 15 is 0 Å². The lowest BCUT2D eigenvalue weighted by Crippen LogP contribution is -2.37. The first-order valence-electron chi connectivity index (χ1n) is 8.09. The van der Waals surface area contributed by atoms with E-state index in [9.17, 15) is 19.5 Å². The molecule has 24 heavy (non-hydrogen) atoms. The van der Waals surface area contributed by atoms with Gasteiger partial charge in [0.05, 0.1) is 11.1 Å². The number of aliphatic carboxylic acids is 1. The van der Waals surface area contributed by atoms with Crippen LogP contribution in [-0.4, -0.2) is 47.5 Å². The van der Waals surface area contributed by atoms with Crippen molar-refractivity contribution >= 4 is 23.5 Å². The third-order valence-electron chi connectivity index (χ3n) is 5.45. The Kier molecular flexibility index (Phi) is 3.26. The van der Waals surface area contributed by atoms with Crippen LogP contribution in [0.3, 0.4) is 0 Å². The Balaban J connectivity index is 1.57. The summed E-state index contributed by atoms with van der Waals surface area (Å²) in [6, 6.07) is 4.89. The molecule has 4 rings (SSSR count). The number of nitrogens with zero attached hydrogens (tertiary/aromatic N) is 1. The van der Waals surface area contributed by atoms with Gasteiger partial charge in [0.25, 0.3) is 11.8 Å². The van der Waals surface area contributed by atoms with Crippen molar-refractivity contribution in [3.8, 4) is 5.75 Å². The van der Waals surface area contributed by atoms with Crippen LogP contribution < -0.4 is 10.1 Å². The zero-order valence-corrected chi connectivity index (χ0v) is 13.1. The van der Waals surface area contributed by atoms with Crippen molar-refractivity contribution in [3.05, 3.63) is 23.8 Å². The molecule has 0 bridgehead atoms. The molecule has 2 atom stereocenters. The zero-order valence-electron chi connectivity index (χ0n) is 13.1. The fraction of sp³-hybridized carbons (Fsp3) is 0.471.